The van der Waals surface area contributed by atoms with Crippen LogP contribution >= 0.6 is 0 Å². The van der Waals surface area contributed by atoms with E-state index in [4.69, 9.17) is 5.26 Å². The minimum atomic E-state index is 0.668. The van der Waals surface area contributed by atoms with Crippen molar-refractivity contribution in [3.63, 3.8) is 0 Å². The summed E-state index contributed by atoms with van der Waals surface area (Å²) in [5.41, 5.74) is 1.77. The van der Waals surface area contributed by atoms with Crippen molar-refractivity contribution in [2.75, 3.05) is 13.6 Å². The summed E-state index contributed by atoms with van der Waals surface area (Å²) in [5, 5.41) is 15.5. The largest absolute Gasteiger partial charge is 0.356 e. The quantitative estimate of drug-likeness (QED) is 0.460. The fourth-order valence-corrected chi connectivity index (χ4v) is 2.04. The van der Waals surface area contributed by atoms with Crippen LogP contribution in [0.2, 0.25) is 0 Å². The molecule has 2 N–H and O–H groups in total. The number of hydrogen-bond donors (Lipinski definition) is 2. The SMILES string of the molecule is CN=C(NCCCCC(C)C)NCc1cccc(C#N)c1. The van der Waals surface area contributed by atoms with Gasteiger partial charge >= 0.3 is 0 Å². The lowest BCUT2D eigenvalue weighted by molar-refractivity contribution is 0.534. The highest BCUT2D eigenvalue weighted by atomic mass is 15.2. The first-order chi connectivity index (χ1) is 10.2. The molecule has 0 radical (unpaired) electrons. The van der Waals surface area contributed by atoms with Crippen LogP contribution in [0.15, 0.2) is 29.3 Å². The molecule has 0 saturated heterocycles. The Morgan fingerprint density at radius 2 is 2.10 bits per heavy atom. The fraction of sp³-hybridized carbons (Fsp3) is 0.529. The van der Waals surface area contributed by atoms with Crippen LogP contribution in [0.1, 0.15) is 44.2 Å². The van der Waals surface area contributed by atoms with Crippen molar-refractivity contribution in [1.82, 2.24) is 10.6 Å². The molecule has 0 amide bonds. The van der Waals surface area contributed by atoms with Crippen molar-refractivity contribution < 1.29 is 0 Å². The maximum Gasteiger partial charge on any atom is 0.191 e. The molecule has 114 valence electrons. The standard InChI is InChI=1S/C17H26N4/c1-14(2)7-4-5-10-20-17(19-3)21-13-16-9-6-8-15(11-16)12-18/h6,8-9,11,14H,4-5,7,10,13H2,1-3H3,(H2,19,20,21). The molecule has 1 aromatic carbocycles. The second-order valence-electron chi connectivity index (χ2n) is 5.55. The molecule has 21 heavy (non-hydrogen) atoms. The molecular weight excluding hydrogens is 260 g/mol. The summed E-state index contributed by atoms with van der Waals surface area (Å²) in [7, 11) is 1.77. The summed E-state index contributed by atoms with van der Waals surface area (Å²) in [6.07, 6.45) is 3.67. The third-order valence-corrected chi connectivity index (χ3v) is 3.24. The highest BCUT2D eigenvalue weighted by Crippen LogP contribution is 2.05. The molecule has 0 aliphatic carbocycles. The van der Waals surface area contributed by atoms with Gasteiger partial charge in [0, 0.05) is 20.1 Å². The van der Waals surface area contributed by atoms with E-state index in [1.54, 1.807) is 7.05 Å². The molecule has 0 spiro atoms. The minimum absolute atomic E-state index is 0.668. The zero-order chi connectivity index (χ0) is 15.5. The number of benzene rings is 1. The van der Waals surface area contributed by atoms with Gasteiger partial charge < -0.3 is 10.6 Å². The van der Waals surface area contributed by atoms with E-state index in [9.17, 15) is 0 Å². The van der Waals surface area contributed by atoms with Crippen molar-refractivity contribution in [2.24, 2.45) is 10.9 Å². The summed E-state index contributed by atoms with van der Waals surface area (Å²) >= 11 is 0. The molecule has 0 aliphatic heterocycles. The number of guanidine groups is 1. The Bertz CT molecular complexity index is 486. The normalized spacial score (nSPS) is 11.3. The molecule has 0 aliphatic rings. The molecule has 4 nitrogen and oxygen atoms in total. The number of rotatable bonds is 7. The van der Waals surface area contributed by atoms with E-state index >= 15 is 0 Å². The van der Waals surface area contributed by atoms with Gasteiger partial charge in [-0.05, 0) is 30.0 Å². The Morgan fingerprint density at radius 1 is 1.29 bits per heavy atom. The van der Waals surface area contributed by atoms with Crippen molar-refractivity contribution >= 4 is 5.96 Å². The van der Waals surface area contributed by atoms with E-state index in [-0.39, 0.29) is 0 Å². The number of unbranched alkanes of at least 4 members (excludes halogenated alkanes) is 1. The molecule has 0 unspecified atom stereocenters. The molecule has 0 saturated carbocycles. The van der Waals surface area contributed by atoms with Crippen LogP contribution in [0.25, 0.3) is 0 Å². The Morgan fingerprint density at radius 3 is 2.76 bits per heavy atom. The Hall–Kier alpha value is -2.02. The second kappa shape index (κ2) is 9.82. The highest BCUT2D eigenvalue weighted by Gasteiger charge is 2.00. The van der Waals surface area contributed by atoms with E-state index in [1.807, 2.05) is 24.3 Å². The van der Waals surface area contributed by atoms with Crippen LogP contribution in [0.5, 0.6) is 0 Å². The average Bonchev–Trinajstić information content (AvgIpc) is 2.50. The maximum absolute atomic E-state index is 8.88. The first kappa shape index (κ1) is 17.0. The van der Waals surface area contributed by atoms with Crippen molar-refractivity contribution in [3.05, 3.63) is 35.4 Å². The minimum Gasteiger partial charge on any atom is -0.356 e. The summed E-state index contributed by atoms with van der Waals surface area (Å²) in [4.78, 5) is 4.21. The van der Waals surface area contributed by atoms with Crippen LogP contribution in [-0.2, 0) is 6.54 Å². The third kappa shape index (κ3) is 7.36. The van der Waals surface area contributed by atoms with E-state index in [0.29, 0.717) is 12.1 Å². The van der Waals surface area contributed by atoms with Crippen LogP contribution in [-0.4, -0.2) is 19.6 Å². The van der Waals surface area contributed by atoms with Crippen LogP contribution < -0.4 is 10.6 Å². The summed E-state index contributed by atoms with van der Waals surface area (Å²) < 4.78 is 0. The van der Waals surface area contributed by atoms with E-state index in [2.05, 4.69) is 35.5 Å². The van der Waals surface area contributed by atoms with Crippen molar-refractivity contribution in [2.45, 2.75) is 39.7 Å². The lowest BCUT2D eigenvalue weighted by atomic mass is 10.1. The molecule has 4 heteroatoms. The number of hydrogen-bond acceptors (Lipinski definition) is 2. The van der Waals surface area contributed by atoms with Gasteiger partial charge in [-0.2, -0.15) is 5.26 Å². The zero-order valence-electron chi connectivity index (χ0n) is 13.3. The van der Waals surface area contributed by atoms with E-state index in [1.165, 1.54) is 12.8 Å². The van der Waals surface area contributed by atoms with Crippen molar-refractivity contribution in [1.29, 1.82) is 5.26 Å². The second-order valence-corrected chi connectivity index (χ2v) is 5.55. The van der Waals surface area contributed by atoms with Crippen LogP contribution in [0, 0.1) is 17.2 Å². The molecule has 1 rings (SSSR count). The Labute approximate surface area is 128 Å². The molecule has 0 aromatic heterocycles. The zero-order valence-corrected chi connectivity index (χ0v) is 13.3. The van der Waals surface area contributed by atoms with E-state index in [0.717, 1.165) is 30.4 Å². The highest BCUT2D eigenvalue weighted by molar-refractivity contribution is 5.79. The average molecular weight is 286 g/mol. The molecular formula is C17H26N4. The Balaban J connectivity index is 2.29. The fourth-order valence-electron chi connectivity index (χ4n) is 2.04. The molecule has 0 heterocycles. The van der Waals surface area contributed by atoms with Gasteiger partial charge in [-0.1, -0.05) is 38.8 Å². The lowest BCUT2D eigenvalue weighted by Gasteiger charge is -2.12. The number of nitrogens with one attached hydrogen (secondary N) is 2. The van der Waals surface area contributed by atoms with Gasteiger partial charge in [-0.25, -0.2) is 0 Å². The number of aliphatic imine (C=N–C) groups is 1. The smallest absolute Gasteiger partial charge is 0.191 e. The van der Waals surface area contributed by atoms with Gasteiger partial charge in [0.05, 0.1) is 11.6 Å². The van der Waals surface area contributed by atoms with Crippen LogP contribution in [0.3, 0.4) is 0 Å². The van der Waals surface area contributed by atoms with Gasteiger partial charge in [-0.3, -0.25) is 4.99 Å². The third-order valence-electron chi connectivity index (χ3n) is 3.24. The summed E-state index contributed by atoms with van der Waals surface area (Å²) in [6, 6.07) is 9.76. The number of nitrogens with zero attached hydrogens (tertiary/aromatic N) is 2. The van der Waals surface area contributed by atoms with Gasteiger partial charge in [0.15, 0.2) is 5.96 Å². The predicted octanol–water partition coefficient (Wildman–Crippen LogP) is 3.05. The van der Waals surface area contributed by atoms with E-state index < -0.39 is 0 Å². The summed E-state index contributed by atoms with van der Waals surface area (Å²) in [5.74, 6) is 1.58. The first-order valence-electron chi connectivity index (χ1n) is 7.59. The van der Waals surface area contributed by atoms with Gasteiger partial charge in [0.2, 0.25) is 0 Å². The number of nitriles is 1. The molecule has 1 aromatic rings. The van der Waals surface area contributed by atoms with Gasteiger partial charge in [0.25, 0.3) is 0 Å². The lowest BCUT2D eigenvalue weighted by Crippen LogP contribution is -2.37. The first-order valence-corrected chi connectivity index (χ1v) is 7.59. The van der Waals surface area contributed by atoms with Crippen LogP contribution in [0.4, 0.5) is 0 Å². The van der Waals surface area contributed by atoms with Gasteiger partial charge in [0.1, 0.15) is 0 Å². The summed E-state index contributed by atoms with van der Waals surface area (Å²) in [6.45, 7) is 6.11. The Kier molecular flexibility index (Phi) is 7.96. The monoisotopic (exact) mass is 286 g/mol. The topological polar surface area (TPSA) is 60.2 Å². The molecule has 0 bridgehead atoms. The molecule has 0 fully saturated rings. The van der Waals surface area contributed by atoms with Gasteiger partial charge in [-0.15, -0.1) is 0 Å². The molecule has 0 atom stereocenters. The van der Waals surface area contributed by atoms with Crippen molar-refractivity contribution in [3.8, 4) is 6.07 Å². The maximum atomic E-state index is 8.88. The predicted molar refractivity (Wildman–Crippen MR) is 88.0 cm³/mol.